The third-order valence-corrected chi connectivity index (χ3v) is 12.5. The number of rotatable bonds is 18. The number of hydrogen-bond donors (Lipinski definition) is 5. The van der Waals surface area contributed by atoms with Crippen molar-refractivity contribution in [1.82, 2.24) is 20.9 Å². The lowest BCUT2D eigenvalue weighted by molar-refractivity contribution is -0.142. The Morgan fingerprint density at radius 1 is 0.677 bits per heavy atom. The molecule has 2 aliphatic rings. The highest BCUT2D eigenvalue weighted by molar-refractivity contribution is 5.94. The normalized spacial score (nSPS) is 16.7. The van der Waals surface area contributed by atoms with Crippen LogP contribution in [0, 0.1) is 5.92 Å². The van der Waals surface area contributed by atoms with E-state index in [2.05, 4.69) is 58.4 Å². The van der Waals surface area contributed by atoms with Crippen molar-refractivity contribution in [2.45, 2.75) is 94.9 Å². The van der Waals surface area contributed by atoms with Crippen molar-refractivity contribution in [2.75, 3.05) is 13.1 Å². The summed E-state index contributed by atoms with van der Waals surface area (Å²) in [4.78, 5) is 55.5. The predicted molar refractivity (Wildman–Crippen MR) is 243 cm³/mol. The average molecular weight is 834 g/mol. The highest BCUT2D eigenvalue weighted by atomic mass is 16.4. The second kappa shape index (κ2) is 21.6. The summed E-state index contributed by atoms with van der Waals surface area (Å²) in [5.74, 6) is -1.42. The van der Waals surface area contributed by atoms with Gasteiger partial charge in [-0.15, -0.1) is 0 Å². The maximum atomic E-state index is 14.3. The van der Waals surface area contributed by atoms with Gasteiger partial charge in [0.2, 0.25) is 11.8 Å². The van der Waals surface area contributed by atoms with E-state index in [1.54, 1.807) is 12.1 Å². The number of carbonyl (C=O) groups excluding carboxylic acids is 3. The van der Waals surface area contributed by atoms with E-state index in [9.17, 15) is 24.3 Å². The Bertz CT molecular complexity index is 2240. The Morgan fingerprint density at radius 2 is 1.29 bits per heavy atom. The second-order valence-electron chi connectivity index (χ2n) is 17.0. The minimum absolute atomic E-state index is 0.162. The Labute approximate surface area is 365 Å². The average Bonchev–Trinajstić information content (AvgIpc) is 3.31. The Morgan fingerprint density at radius 3 is 1.98 bits per heavy atom. The minimum Gasteiger partial charge on any atom is -0.480 e. The fraction of sp³-hybridized carbons (Fsp3) is 0.346. The molecule has 322 valence electrons. The Kier molecular flexibility index (Phi) is 15.3. The number of carbonyl (C=O) groups is 4. The molecule has 1 fully saturated rings. The zero-order chi connectivity index (χ0) is 43.3. The van der Waals surface area contributed by atoms with Crippen LogP contribution < -0.4 is 21.7 Å². The van der Waals surface area contributed by atoms with E-state index in [0.717, 1.165) is 59.1 Å². The van der Waals surface area contributed by atoms with Gasteiger partial charge in [-0.1, -0.05) is 153 Å². The molecule has 0 saturated heterocycles. The lowest BCUT2D eigenvalue weighted by Crippen LogP contribution is -2.57. The van der Waals surface area contributed by atoms with Crippen LogP contribution in [0.25, 0.3) is 11.1 Å². The first-order chi connectivity index (χ1) is 30.2. The van der Waals surface area contributed by atoms with Crippen molar-refractivity contribution in [3.8, 4) is 11.1 Å². The quantitative estimate of drug-likeness (QED) is 0.0645. The standard InChI is InChI=1S/C52H59N5O5/c53-46(30-39-22-26-42(27-23-39)49(58)54-29-28-36-20-24-41(25-21-36)40-16-8-3-9-17-40)51(60)57-35-44-19-11-10-18-43(44)33-45(57)34-55-47(31-37-12-4-1-5-13-37)50(59)56-48(52(61)62)32-38-14-6-2-7-15-38/h2-3,6-11,14-27,37,45-48,55H,1,4-5,12-13,28-35,53H2,(H,54,58)(H,56,59)(H,61,62)/t45?,46-,47-,48-/m0/s1. The third-order valence-electron chi connectivity index (χ3n) is 12.5. The molecule has 1 saturated carbocycles. The molecule has 1 heterocycles. The van der Waals surface area contributed by atoms with Crippen LogP contribution in [-0.2, 0) is 46.6 Å². The van der Waals surface area contributed by atoms with E-state index in [1.807, 2.05) is 83.8 Å². The van der Waals surface area contributed by atoms with E-state index >= 15 is 0 Å². The molecule has 1 aliphatic carbocycles. The first-order valence-corrected chi connectivity index (χ1v) is 22.1. The van der Waals surface area contributed by atoms with Gasteiger partial charge in [0, 0.05) is 37.7 Å². The van der Waals surface area contributed by atoms with E-state index in [4.69, 9.17) is 5.73 Å². The van der Waals surface area contributed by atoms with Gasteiger partial charge in [-0.2, -0.15) is 0 Å². The molecule has 4 atom stereocenters. The van der Waals surface area contributed by atoms with Gasteiger partial charge in [-0.3, -0.25) is 14.4 Å². The summed E-state index contributed by atoms with van der Waals surface area (Å²) < 4.78 is 0. The first-order valence-electron chi connectivity index (χ1n) is 22.1. The fourth-order valence-corrected chi connectivity index (χ4v) is 8.93. The number of nitrogens with zero attached hydrogens (tertiary/aromatic N) is 1. The van der Waals surface area contributed by atoms with Crippen molar-refractivity contribution in [1.29, 1.82) is 0 Å². The number of hydrogen-bond acceptors (Lipinski definition) is 6. The van der Waals surface area contributed by atoms with Gasteiger partial charge in [0.05, 0.1) is 12.1 Å². The summed E-state index contributed by atoms with van der Waals surface area (Å²) in [5, 5.41) is 19.5. The van der Waals surface area contributed by atoms with Crippen molar-refractivity contribution in [3.63, 3.8) is 0 Å². The van der Waals surface area contributed by atoms with Gasteiger partial charge in [-0.05, 0) is 82.7 Å². The molecule has 7 rings (SSSR count). The summed E-state index contributed by atoms with van der Waals surface area (Å²) in [6.45, 7) is 1.24. The second-order valence-corrected chi connectivity index (χ2v) is 17.0. The van der Waals surface area contributed by atoms with Crippen molar-refractivity contribution < 1.29 is 24.3 Å². The smallest absolute Gasteiger partial charge is 0.326 e. The van der Waals surface area contributed by atoms with Crippen LogP contribution in [0.3, 0.4) is 0 Å². The van der Waals surface area contributed by atoms with Gasteiger partial charge in [0.25, 0.3) is 5.91 Å². The summed E-state index contributed by atoms with van der Waals surface area (Å²) in [6, 6.07) is 40.5. The number of carboxylic acid groups (broad SMARTS) is 1. The molecule has 10 heteroatoms. The van der Waals surface area contributed by atoms with Crippen LogP contribution >= 0.6 is 0 Å². The summed E-state index contributed by atoms with van der Waals surface area (Å²) in [7, 11) is 0. The Balaban J connectivity index is 0.965. The predicted octanol–water partition coefficient (Wildman–Crippen LogP) is 6.89. The molecule has 6 N–H and O–H groups in total. The zero-order valence-electron chi connectivity index (χ0n) is 35.4. The van der Waals surface area contributed by atoms with Crippen LogP contribution in [0.2, 0.25) is 0 Å². The molecular formula is C52H59N5O5. The molecule has 62 heavy (non-hydrogen) atoms. The molecular weight excluding hydrogens is 775 g/mol. The molecule has 5 aromatic carbocycles. The number of benzene rings is 5. The third kappa shape index (κ3) is 12.0. The van der Waals surface area contributed by atoms with Crippen molar-refractivity contribution in [3.05, 3.63) is 167 Å². The number of nitrogens with two attached hydrogens (primary N) is 1. The maximum absolute atomic E-state index is 14.3. The monoisotopic (exact) mass is 833 g/mol. The van der Waals surface area contributed by atoms with E-state index in [-0.39, 0.29) is 30.2 Å². The van der Waals surface area contributed by atoms with E-state index in [0.29, 0.717) is 56.8 Å². The highest BCUT2D eigenvalue weighted by Crippen LogP contribution is 2.29. The number of amides is 3. The van der Waals surface area contributed by atoms with Gasteiger partial charge in [0.15, 0.2) is 0 Å². The van der Waals surface area contributed by atoms with Gasteiger partial charge < -0.3 is 31.7 Å². The molecule has 5 aromatic rings. The van der Waals surface area contributed by atoms with Crippen LogP contribution in [0.5, 0.6) is 0 Å². The van der Waals surface area contributed by atoms with E-state index in [1.165, 1.54) is 12.0 Å². The Hall–Kier alpha value is -6.10. The molecule has 0 aromatic heterocycles. The van der Waals surface area contributed by atoms with Crippen LogP contribution in [0.15, 0.2) is 133 Å². The maximum Gasteiger partial charge on any atom is 0.326 e. The van der Waals surface area contributed by atoms with Crippen LogP contribution in [0.1, 0.15) is 76.7 Å². The number of carboxylic acids is 1. The summed E-state index contributed by atoms with van der Waals surface area (Å²) in [6.07, 6.45) is 7.85. The summed E-state index contributed by atoms with van der Waals surface area (Å²) in [5.41, 5.74) is 14.6. The molecule has 0 spiro atoms. The van der Waals surface area contributed by atoms with Crippen molar-refractivity contribution in [2.24, 2.45) is 11.7 Å². The van der Waals surface area contributed by atoms with Crippen LogP contribution in [-0.4, -0.2) is 71.0 Å². The highest BCUT2D eigenvalue weighted by Gasteiger charge is 2.35. The molecule has 1 aliphatic heterocycles. The van der Waals surface area contributed by atoms with Gasteiger partial charge >= 0.3 is 5.97 Å². The topological polar surface area (TPSA) is 154 Å². The van der Waals surface area contributed by atoms with Crippen LogP contribution in [0.4, 0.5) is 0 Å². The van der Waals surface area contributed by atoms with E-state index < -0.39 is 24.1 Å². The number of aliphatic carboxylic acids is 1. The van der Waals surface area contributed by atoms with Gasteiger partial charge in [0.1, 0.15) is 6.04 Å². The van der Waals surface area contributed by atoms with Gasteiger partial charge in [-0.25, -0.2) is 4.79 Å². The number of fused-ring (bicyclic) bond motifs is 1. The minimum atomic E-state index is -1.08. The molecule has 1 unspecified atom stereocenters. The lowest BCUT2D eigenvalue weighted by atomic mass is 9.84. The number of nitrogens with one attached hydrogen (secondary N) is 3. The molecule has 3 amide bonds. The lowest BCUT2D eigenvalue weighted by Gasteiger charge is -2.39. The molecule has 10 nitrogen and oxygen atoms in total. The summed E-state index contributed by atoms with van der Waals surface area (Å²) >= 11 is 0. The molecule has 0 bridgehead atoms. The molecule has 0 radical (unpaired) electrons. The largest absolute Gasteiger partial charge is 0.480 e. The fourth-order valence-electron chi connectivity index (χ4n) is 8.93. The van der Waals surface area contributed by atoms with Crippen molar-refractivity contribution >= 4 is 23.7 Å². The SMILES string of the molecule is N[C@@H](Cc1ccc(C(=O)NCCc2ccc(-c3ccccc3)cc2)cc1)C(=O)N1Cc2ccccc2CC1CN[C@@H](CC1CCCCC1)C(=O)N[C@@H](Cc1ccccc1)C(=O)O. The first kappa shape index (κ1) is 44.0. The zero-order valence-corrected chi connectivity index (χ0v) is 35.4.